The van der Waals surface area contributed by atoms with Gasteiger partial charge < -0.3 is 15.5 Å². The molecule has 0 bridgehead atoms. The summed E-state index contributed by atoms with van der Waals surface area (Å²) in [4.78, 5) is 19.4. The highest BCUT2D eigenvalue weighted by molar-refractivity contribution is 6.06. The lowest BCUT2D eigenvalue weighted by Crippen LogP contribution is -2.37. The van der Waals surface area contributed by atoms with Crippen LogP contribution in [0.4, 0.5) is 0 Å². The normalized spacial score (nSPS) is 11.5. The lowest BCUT2D eigenvalue weighted by Gasteiger charge is -2.04. The van der Waals surface area contributed by atoms with Gasteiger partial charge in [-0.2, -0.15) is 0 Å². The van der Waals surface area contributed by atoms with Gasteiger partial charge in [-0.05, 0) is 29.8 Å². The number of nitrogens with zero attached hydrogens (tertiary/aromatic N) is 1. The van der Waals surface area contributed by atoms with Crippen molar-refractivity contribution in [3.05, 3.63) is 65.9 Å². The predicted molar refractivity (Wildman–Crippen MR) is 94.1 cm³/mol. The van der Waals surface area contributed by atoms with Gasteiger partial charge in [-0.25, -0.2) is 4.99 Å². The zero-order valence-corrected chi connectivity index (χ0v) is 13.2. The first-order valence-corrected chi connectivity index (χ1v) is 7.47. The molecule has 0 unspecified atom stereocenters. The van der Waals surface area contributed by atoms with Crippen LogP contribution < -0.4 is 15.8 Å². The van der Waals surface area contributed by atoms with Gasteiger partial charge in [-0.1, -0.05) is 30.3 Å². The second-order valence-corrected chi connectivity index (χ2v) is 5.27. The zero-order valence-electron chi connectivity index (χ0n) is 13.2. The molecule has 0 atom stereocenters. The summed E-state index contributed by atoms with van der Waals surface area (Å²) >= 11 is 0. The average Bonchev–Trinajstić information content (AvgIpc) is 3.05. The Hall–Kier alpha value is -3.28. The first-order valence-electron chi connectivity index (χ1n) is 7.47. The number of nitrogens with one attached hydrogen (secondary N) is 2. The number of H-pyrrole nitrogens is 1. The maximum Gasteiger partial charge on any atom is 0.274 e. The van der Waals surface area contributed by atoms with Crippen LogP contribution in [0, 0.1) is 0 Å². The first-order chi connectivity index (χ1) is 11.7. The van der Waals surface area contributed by atoms with Gasteiger partial charge in [0.2, 0.25) is 0 Å². The number of aromatic nitrogens is 1. The number of nitrogens with two attached hydrogens (primary N) is 1. The van der Waals surface area contributed by atoms with Crippen molar-refractivity contribution < 1.29 is 9.53 Å². The van der Waals surface area contributed by atoms with Crippen molar-refractivity contribution in [3.8, 4) is 5.75 Å². The summed E-state index contributed by atoms with van der Waals surface area (Å²) in [7, 11) is 1.62. The number of carbonyl (C=O) groups is 1. The van der Waals surface area contributed by atoms with E-state index in [4.69, 9.17) is 10.5 Å². The third-order valence-electron chi connectivity index (χ3n) is 3.61. The standard InChI is InChI=1S/C18H18N4O2/c1-24-14-8-6-12(7-9-14)11-20-18(19)22-17(23)16-10-13-4-2-3-5-15(13)21-16/h2-10,21H,11H2,1H3,(H3,19,20,22,23). The van der Waals surface area contributed by atoms with Gasteiger partial charge in [0.1, 0.15) is 11.4 Å². The molecule has 0 aliphatic heterocycles. The van der Waals surface area contributed by atoms with Gasteiger partial charge in [0, 0.05) is 10.9 Å². The van der Waals surface area contributed by atoms with Crippen molar-refractivity contribution in [2.45, 2.75) is 6.54 Å². The minimum atomic E-state index is -0.317. The monoisotopic (exact) mass is 322 g/mol. The summed E-state index contributed by atoms with van der Waals surface area (Å²) in [5, 5.41) is 3.55. The number of amides is 1. The highest BCUT2D eigenvalue weighted by Gasteiger charge is 2.10. The van der Waals surface area contributed by atoms with Crippen LogP contribution in [-0.4, -0.2) is 24.0 Å². The number of guanidine groups is 1. The summed E-state index contributed by atoms with van der Waals surface area (Å²) in [6.07, 6.45) is 0. The molecule has 6 heteroatoms. The maximum absolute atomic E-state index is 12.2. The van der Waals surface area contributed by atoms with E-state index in [1.54, 1.807) is 13.2 Å². The molecule has 122 valence electrons. The molecular weight excluding hydrogens is 304 g/mol. The van der Waals surface area contributed by atoms with E-state index < -0.39 is 0 Å². The molecule has 0 saturated carbocycles. The Bertz CT molecular complexity index is 848. The van der Waals surface area contributed by atoms with Crippen LogP contribution in [0.2, 0.25) is 0 Å². The number of benzene rings is 2. The fraction of sp³-hybridized carbons (Fsp3) is 0.111. The van der Waals surface area contributed by atoms with Gasteiger partial charge in [0.05, 0.1) is 13.7 Å². The number of hydrogen-bond acceptors (Lipinski definition) is 3. The molecule has 1 heterocycles. The molecule has 0 radical (unpaired) electrons. The number of hydrogen-bond donors (Lipinski definition) is 3. The van der Waals surface area contributed by atoms with E-state index >= 15 is 0 Å². The molecule has 0 fully saturated rings. The number of methoxy groups -OCH3 is 1. The molecule has 1 aromatic heterocycles. The molecule has 3 rings (SSSR count). The van der Waals surface area contributed by atoms with Crippen molar-refractivity contribution in [2.75, 3.05) is 7.11 Å². The molecular formula is C18H18N4O2. The predicted octanol–water partition coefficient (Wildman–Crippen LogP) is 2.42. The average molecular weight is 322 g/mol. The van der Waals surface area contributed by atoms with Gasteiger partial charge in [0.25, 0.3) is 5.91 Å². The molecule has 6 nitrogen and oxygen atoms in total. The first kappa shape index (κ1) is 15.6. The van der Waals surface area contributed by atoms with Crippen molar-refractivity contribution in [2.24, 2.45) is 10.7 Å². The number of carbonyl (C=O) groups excluding carboxylic acids is 1. The number of para-hydroxylation sites is 1. The van der Waals surface area contributed by atoms with E-state index in [-0.39, 0.29) is 11.9 Å². The van der Waals surface area contributed by atoms with Crippen LogP contribution in [0.3, 0.4) is 0 Å². The SMILES string of the molecule is COc1ccc(CN=C(N)NC(=O)c2cc3ccccc3[nH]2)cc1. The third-order valence-corrected chi connectivity index (χ3v) is 3.61. The summed E-state index contributed by atoms with van der Waals surface area (Å²) in [6, 6.07) is 16.9. The van der Waals surface area contributed by atoms with Crippen molar-refractivity contribution in [1.29, 1.82) is 0 Å². The zero-order chi connectivity index (χ0) is 16.9. The van der Waals surface area contributed by atoms with Crippen LogP contribution >= 0.6 is 0 Å². The molecule has 1 amide bonds. The highest BCUT2D eigenvalue weighted by Crippen LogP contribution is 2.14. The fourth-order valence-corrected chi connectivity index (χ4v) is 2.33. The minimum absolute atomic E-state index is 0.0782. The Balaban J connectivity index is 1.64. The summed E-state index contributed by atoms with van der Waals surface area (Å²) in [5.74, 6) is 0.541. The van der Waals surface area contributed by atoms with E-state index in [9.17, 15) is 4.79 Å². The number of fused-ring (bicyclic) bond motifs is 1. The quantitative estimate of drug-likeness (QED) is 0.509. The van der Waals surface area contributed by atoms with E-state index in [0.717, 1.165) is 22.2 Å². The summed E-state index contributed by atoms with van der Waals surface area (Å²) in [5.41, 5.74) is 8.10. The van der Waals surface area contributed by atoms with Gasteiger partial charge in [-0.15, -0.1) is 0 Å². The number of aromatic amines is 1. The minimum Gasteiger partial charge on any atom is -0.497 e. The molecule has 0 saturated heterocycles. The van der Waals surface area contributed by atoms with Crippen LogP contribution in [0.5, 0.6) is 5.75 Å². The molecule has 0 aliphatic rings. The number of ether oxygens (including phenoxy) is 1. The topological polar surface area (TPSA) is 92.5 Å². The Morgan fingerprint density at radius 3 is 2.67 bits per heavy atom. The Morgan fingerprint density at radius 2 is 1.96 bits per heavy atom. The van der Waals surface area contributed by atoms with Gasteiger partial charge in [-0.3, -0.25) is 10.1 Å². The van der Waals surface area contributed by atoms with Crippen molar-refractivity contribution in [3.63, 3.8) is 0 Å². The molecule has 2 aromatic carbocycles. The highest BCUT2D eigenvalue weighted by atomic mass is 16.5. The van der Waals surface area contributed by atoms with Crippen LogP contribution in [0.1, 0.15) is 16.1 Å². The Kier molecular flexibility index (Phi) is 4.47. The lowest BCUT2D eigenvalue weighted by molar-refractivity contribution is 0.0972. The van der Waals surface area contributed by atoms with Crippen molar-refractivity contribution >= 4 is 22.8 Å². The smallest absolute Gasteiger partial charge is 0.274 e. The Labute approximate surface area is 139 Å². The molecule has 0 aliphatic carbocycles. The summed E-state index contributed by atoms with van der Waals surface area (Å²) < 4.78 is 5.10. The Morgan fingerprint density at radius 1 is 1.21 bits per heavy atom. The fourth-order valence-electron chi connectivity index (χ4n) is 2.33. The van der Waals surface area contributed by atoms with E-state index in [1.165, 1.54) is 0 Å². The molecule has 3 aromatic rings. The molecule has 4 N–H and O–H groups in total. The van der Waals surface area contributed by atoms with Crippen molar-refractivity contribution in [1.82, 2.24) is 10.3 Å². The molecule has 0 spiro atoms. The number of aliphatic imine (C=N–C) groups is 1. The number of rotatable bonds is 4. The maximum atomic E-state index is 12.2. The van der Waals surface area contributed by atoms with Crippen LogP contribution in [-0.2, 0) is 6.54 Å². The second-order valence-electron chi connectivity index (χ2n) is 5.27. The van der Waals surface area contributed by atoms with Crippen LogP contribution in [0.25, 0.3) is 10.9 Å². The molecule has 24 heavy (non-hydrogen) atoms. The van der Waals surface area contributed by atoms with E-state index in [0.29, 0.717) is 12.2 Å². The van der Waals surface area contributed by atoms with E-state index in [1.807, 2.05) is 48.5 Å². The second kappa shape index (κ2) is 6.87. The van der Waals surface area contributed by atoms with Gasteiger partial charge in [0.15, 0.2) is 5.96 Å². The van der Waals surface area contributed by atoms with Crippen LogP contribution in [0.15, 0.2) is 59.6 Å². The van der Waals surface area contributed by atoms with E-state index in [2.05, 4.69) is 15.3 Å². The largest absolute Gasteiger partial charge is 0.497 e. The lowest BCUT2D eigenvalue weighted by atomic mass is 10.2. The summed E-state index contributed by atoms with van der Waals surface area (Å²) in [6.45, 7) is 0.378. The van der Waals surface area contributed by atoms with Gasteiger partial charge >= 0.3 is 0 Å². The third kappa shape index (κ3) is 3.55.